The van der Waals surface area contributed by atoms with Crippen LogP contribution in [0.3, 0.4) is 0 Å². The molecule has 252 valence electrons. The SMILES string of the molecule is Cc1c[c-]c(-c2ccccn2)cc1.[Ir+3].[c-]1cc(COCC2CO2)ccc1-c1cccc(-c2[c-]c(-c3ccccn3)ccc2COCC2CO2)n1. The molecule has 6 aromatic rings. The molecule has 3 aromatic carbocycles. The first kappa shape index (κ1) is 35.4. The molecule has 2 aliphatic heterocycles. The third-order valence-corrected chi connectivity index (χ3v) is 7.98. The predicted molar refractivity (Wildman–Crippen MR) is 188 cm³/mol. The van der Waals surface area contributed by atoms with Crippen LogP contribution in [0.1, 0.15) is 16.7 Å². The van der Waals surface area contributed by atoms with Gasteiger partial charge in [0.05, 0.1) is 26.4 Å². The summed E-state index contributed by atoms with van der Waals surface area (Å²) < 4.78 is 22.1. The van der Waals surface area contributed by atoms with Gasteiger partial charge in [-0.1, -0.05) is 66.1 Å². The molecule has 2 atom stereocenters. The van der Waals surface area contributed by atoms with Crippen molar-refractivity contribution < 1.29 is 39.1 Å². The molecule has 8 rings (SSSR count). The van der Waals surface area contributed by atoms with E-state index in [0.717, 1.165) is 69.4 Å². The van der Waals surface area contributed by atoms with E-state index in [1.807, 2.05) is 84.9 Å². The topological polar surface area (TPSA) is 82.2 Å². The van der Waals surface area contributed by atoms with Gasteiger partial charge in [0, 0.05) is 31.3 Å². The smallest absolute Gasteiger partial charge is 0.383 e. The molecular formula is C42H36IrN3O4. The Balaban J connectivity index is 0.000000260. The monoisotopic (exact) mass is 839 g/mol. The number of hydrogen-bond donors (Lipinski definition) is 0. The van der Waals surface area contributed by atoms with Gasteiger partial charge < -0.3 is 28.9 Å². The molecule has 0 bridgehead atoms. The third kappa shape index (κ3) is 10.1. The van der Waals surface area contributed by atoms with Gasteiger partial charge >= 0.3 is 20.1 Å². The minimum Gasteiger partial charge on any atom is -0.383 e. The van der Waals surface area contributed by atoms with Crippen molar-refractivity contribution in [1.29, 1.82) is 0 Å². The van der Waals surface area contributed by atoms with E-state index in [0.29, 0.717) is 26.4 Å². The van der Waals surface area contributed by atoms with Crippen molar-refractivity contribution in [3.63, 3.8) is 0 Å². The van der Waals surface area contributed by atoms with Crippen LogP contribution in [-0.2, 0) is 52.3 Å². The summed E-state index contributed by atoms with van der Waals surface area (Å²) in [5.74, 6) is 0. The minimum absolute atomic E-state index is 0. The van der Waals surface area contributed by atoms with Crippen LogP contribution >= 0.6 is 0 Å². The van der Waals surface area contributed by atoms with Crippen molar-refractivity contribution in [2.75, 3.05) is 26.4 Å². The zero-order valence-corrected chi connectivity index (χ0v) is 30.1. The molecule has 2 unspecified atom stereocenters. The van der Waals surface area contributed by atoms with E-state index in [4.69, 9.17) is 23.9 Å². The number of rotatable bonds is 12. The number of hydrogen-bond acceptors (Lipinski definition) is 7. The molecule has 50 heavy (non-hydrogen) atoms. The van der Waals surface area contributed by atoms with E-state index in [-0.39, 0.29) is 32.3 Å². The van der Waals surface area contributed by atoms with Gasteiger partial charge in [-0.05, 0) is 29.2 Å². The quantitative estimate of drug-likeness (QED) is 0.0921. The maximum absolute atomic E-state index is 5.92. The van der Waals surface area contributed by atoms with Gasteiger partial charge in [0.15, 0.2) is 0 Å². The van der Waals surface area contributed by atoms with E-state index in [9.17, 15) is 0 Å². The summed E-state index contributed by atoms with van der Waals surface area (Å²) in [6.45, 7) is 5.88. The second kappa shape index (κ2) is 17.5. The van der Waals surface area contributed by atoms with Gasteiger partial charge in [0.2, 0.25) is 0 Å². The van der Waals surface area contributed by atoms with Crippen LogP contribution in [0.15, 0.2) is 116 Å². The Bertz CT molecular complexity index is 1930. The van der Waals surface area contributed by atoms with E-state index >= 15 is 0 Å². The summed E-state index contributed by atoms with van der Waals surface area (Å²) in [4.78, 5) is 13.7. The first-order chi connectivity index (χ1) is 24.2. The summed E-state index contributed by atoms with van der Waals surface area (Å²) in [6.07, 6.45) is 4.07. The minimum atomic E-state index is 0. The van der Waals surface area contributed by atoms with Crippen LogP contribution in [0.2, 0.25) is 0 Å². The molecular weight excluding hydrogens is 803 g/mol. The standard InChI is InChI=1S/C30H26N2O4.C12H10N.Ir/c1-2-13-31-28(4-1)23-11-12-24(16-34-18-26-20-36-26)27(14-23)30-6-3-5-29(32-30)22-9-7-21(8-10-22)15-33-17-25-19-35-25;1-10-5-7-11(8-6-10)12-4-2-3-9-13-12;/h1-9,11-13,25-26H,15-20H2;2-7,9H,1H3;/q-2;-1;+3. The predicted octanol–water partition coefficient (Wildman–Crippen LogP) is 7.76. The first-order valence-corrected chi connectivity index (χ1v) is 16.4. The molecule has 2 saturated heterocycles. The number of aryl methyl sites for hydroxylation is 1. The summed E-state index contributed by atoms with van der Waals surface area (Å²) in [7, 11) is 0. The summed E-state index contributed by atoms with van der Waals surface area (Å²) in [5.41, 5.74) is 10.6. The van der Waals surface area contributed by atoms with E-state index in [2.05, 4.69) is 53.3 Å². The molecule has 0 amide bonds. The molecule has 0 saturated carbocycles. The molecule has 8 heteroatoms. The second-order valence-electron chi connectivity index (χ2n) is 11.9. The first-order valence-electron chi connectivity index (χ1n) is 16.4. The molecule has 0 N–H and O–H groups in total. The zero-order chi connectivity index (χ0) is 33.3. The Labute approximate surface area is 307 Å². The van der Waals surface area contributed by atoms with Crippen LogP contribution in [0, 0.1) is 25.1 Å². The molecule has 5 heterocycles. The Kier molecular flexibility index (Phi) is 12.4. The van der Waals surface area contributed by atoms with Crippen LogP contribution in [0.4, 0.5) is 0 Å². The third-order valence-electron chi connectivity index (χ3n) is 7.98. The maximum Gasteiger partial charge on any atom is 3.00 e. The number of epoxide rings is 2. The largest absolute Gasteiger partial charge is 3.00 e. The van der Waals surface area contributed by atoms with Crippen molar-refractivity contribution in [1.82, 2.24) is 15.0 Å². The van der Waals surface area contributed by atoms with Gasteiger partial charge in [-0.2, -0.15) is 0 Å². The number of aromatic nitrogens is 3. The molecule has 7 nitrogen and oxygen atoms in total. The van der Waals surface area contributed by atoms with Crippen LogP contribution in [0.25, 0.3) is 45.0 Å². The van der Waals surface area contributed by atoms with E-state index in [1.54, 1.807) is 12.4 Å². The fraction of sp³-hybridized carbons (Fsp3) is 0.214. The van der Waals surface area contributed by atoms with Gasteiger partial charge in [-0.25, -0.2) is 0 Å². The summed E-state index contributed by atoms with van der Waals surface area (Å²) >= 11 is 0. The van der Waals surface area contributed by atoms with Crippen molar-refractivity contribution in [3.05, 3.63) is 150 Å². The van der Waals surface area contributed by atoms with E-state index < -0.39 is 0 Å². The molecule has 0 aliphatic carbocycles. The molecule has 2 fully saturated rings. The maximum atomic E-state index is 5.92. The Morgan fingerprint density at radius 1 is 0.640 bits per heavy atom. The zero-order valence-electron chi connectivity index (χ0n) is 27.7. The van der Waals surface area contributed by atoms with Crippen LogP contribution in [0.5, 0.6) is 0 Å². The normalized spacial score (nSPS) is 15.7. The Morgan fingerprint density at radius 3 is 1.86 bits per heavy atom. The van der Waals surface area contributed by atoms with Crippen LogP contribution in [-0.4, -0.2) is 53.6 Å². The van der Waals surface area contributed by atoms with Crippen molar-refractivity contribution in [3.8, 4) is 45.0 Å². The Morgan fingerprint density at radius 2 is 1.24 bits per heavy atom. The van der Waals surface area contributed by atoms with Gasteiger partial charge in [0.1, 0.15) is 12.2 Å². The molecule has 3 aromatic heterocycles. The van der Waals surface area contributed by atoms with Gasteiger partial charge in [0.25, 0.3) is 0 Å². The number of pyridine rings is 3. The summed E-state index contributed by atoms with van der Waals surface area (Å²) in [6, 6.07) is 44.1. The second-order valence-corrected chi connectivity index (χ2v) is 11.9. The van der Waals surface area contributed by atoms with Gasteiger partial charge in [-0.3, -0.25) is 4.98 Å². The van der Waals surface area contributed by atoms with E-state index in [1.165, 1.54) is 5.56 Å². The molecule has 2 aliphatic rings. The van der Waals surface area contributed by atoms with Crippen molar-refractivity contribution in [2.45, 2.75) is 32.3 Å². The fourth-order valence-electron chi connectivity index (χ4n) is 5.10. The van der Waals surface area contributed by atoms with Gasteiger partial charge in [-0.15, -0.1) is 89.0 Å². The Hall–Kier alpha value is -4.40. The number of ether oxygens (including phenoxy) is 4. The molecule has 0 spiro atoms. The van der Waals surface area contributed by atoms with Crippen molar-refractivity contribution in [2.24, 2.45) is 0 Å². The fourth-order valence-corrected chi connectivity index (χ4v) is 5.10. The number of nitrogens with zero attached hydrogens (tertiary/aromatic N) is 3. The molecule has 0 radical (unpaired) electrons. The van der Waals surface area contributed by atoms with Crippen molar-refractivity contribution >= 4 is 0 Å². The average molecular weight is 839 g/mol. The number of benzene rings is 3. The summed E-state index contributed by atoms with van der Waals surface area (Å²) in [5, 5.41) is 0. The van der Waals surface area contributed by atoms with Crippen LogP contribution < -0.4 is 0 Å². The average Bonchev–Trinajstić information content (AvgIpc) is 4.11.